The van der Waals surface area contributed by atoms with E-state index in [1.807, 2.05) is 18.2 Å². The van der Waals surface area contributed by atoms with Crippen LogP contribution in [0.5, 0.6) is 0 Å². The van der Waals surface area contributed by atoms with E-state index in [0.717, 1.165) is 36.0 Å². The summed E-state index contributed by atoms with van der Waals surface area (Å²) in [6, 6.07) is 6.09. The Morgan fingerprint density at radius 1 is 1.24 bits per heavy atom. The Morgan fingerprint density at radius 3 is 2.52 bits per heavy atom. The molecular formula is C16H25N3O2. The van der Waals surface area contributed by atoms with Gasteiger partial charge in [0.2, 0.25) is 0 Å². The fourth-order valence-corrected chi connectivity index (χ4v) is 2.59. The molecule has 0 aliphatic rings. The molecule has 0 spiro atoms. The number of aliphatic hydroxyl groups is 1. The molecule has 1 unspecified atom stereocenters. The van der Waals surface area contributed by atoms with Gasteiger partial charge in [0.05, 0.1) is 11.0 Å². The first-order valence-electron chi connectivity index (χ1n) is 7.60. The van der Waals surface area contributed by atoms with Crippen molar-refractivity contribution in [3.05, 3.63) is 34.2 Å². The van der Waals surface area contributed by atoms with Crippen LogP contribution in [-0.2, 0) is 0 Å². The molecule has 1 aromatic heterocycles. The highest BCUT2D eigenvalue weighted by Gasteiger charge is 2.25. The molecule has 0 radical (unpaired) electrons. The van der Waals surface area contributed by atoms with Gasteiger partial charge in [0.25, 0.3) is 0 Å². The summed E-state index contributed by atoms with van der Waals surface area (Å²) in [5.41, 5.74) is 2.53. The minimum Gasteiger partial charge on any atom is -0.396 e. The number of H-pyrrole nitrogens is 2. The maximum Gasteiger partial charge on any atom is 0.323 e. The lowest BCUT2D eigenvalue weighted by Gasteiger charge is -2.31. The Bertz CT molecular complexity index is 632. The molecule has 0 saturated heterocycles. The third kappa shape index (κ3) is 3.36. The van der Waals surface area contributed by atoms with Crippen LogP contribution < -0.4 is 11.0 Å². The third-order valence-corrected chi connectivity index (χ3v) is 4.66. The predicted octanol–water partition coefficient (Wildman–Crippen LogP) is 2.31. The van der Waals surface area contributed by atoms with Crippen LogP contribution in [0.4, 0.5) is 0 Å². The quantitative estimate of drug-likeness (QED) is 0.632. The highest BCUT2D eigenvalue weighted by atomic mass is 16.3. The molecule has 116 valence electrons. The van der Waals surface area contributed by atoms with Crippen LogP contribution in [0, 0.1) is 5.41 Å². The Balaban J connectivity index is 2.11. The molecule has 1 atom stereocenters. The summed E-state index contributed by atoms with van der Waals surface area (Å²) in [5.74, 6) is 0. The van der Waals surface area contributed by atoms with Crippen molar-refractivity contribution in [3.8, 4) is 0 Å². The van der Waals surface area contributed by atoms with Gasteiger partial charge in [-0.15, -0.1) is 0 Å². The van der Waals surface area contributed by atoms with E-state index >= 15 is 0 Å². The first kappa shape index (κ1) is 15.8. The van der Waals surface area contributed by atoms with E-state index < -0.39 is 0 Å². The lowest BCUT2D eigenvalue weighted by molar-refractivity contribution is 0.110. The standard InChI is InChI=1S/C16H25N3O2/c1-4-16(5-2,10-20)9-17-11(3)12-6-7-13-14(8-12)19-15(21)18-13/h6-8,11,17,20H,4-5,9-10H2,1-3H3,(H2,18,19,21). The van der Waals surface area contributed by atoms with Gasteiger partial charge in [0, 0.05) is 24.6 Å². The fourth-order valence-electron chi connectivity index (χ4n) is 2.59. The summed E-state index contributed by atoms with van der Waals surface area (Å²) in [5, 5.41) is 13.1. The summed E-state index contributed by atoms with van der Waals surface area (Å²) in [4.78, 5) is 16.8. The van der Waals surface area contributed by atoms with E-state index in [9.17, 15) is 9.90 Å². The summed E-state index contributed by atoms with van der Waals surface area (Å²) in [7, 11) is 0. The molecule has 0 aliphatic carbocycles. The molecule has 0 bridgehead atoms. The Morgan fingerprint density at radius 2 is 1.90 bits per heavy atom. The second-order valence-corrected chi connectivity index (χ2v) is 5.85. The highest BCUT2D eigenvalue weighted by molar-refractivity contribution is 5.75. The van der Waals surface area contributed by atoms with E-state index in [0.29, 0.717) is 0 Å². The van der Waals surface area contributed by atoms with Crippen molar-refractivity contribution in [1.29, 1.82) is 0 Å². The van der Waals surface area contributed by atoms with E-state index in [4.69, 9.17) is 0 Å². The second kappa shape index (κ2) is 6.45. The number of hydrogen-bond donors (Lipinski definition) is 4. The van der Waals surface area contributed by atoms with Crippen LogP contribution in [0.15, 0.2) is 23.0 Å². The van der Waals surface area contributed by atoms with Crippen molar-refractivity contribution in [2.45, 2.75) is 39.7 Å². The molecule has 5 nitrogen and oxygen atoms in total. The number of aromatic nitrogens is 2. The van der Waals surface area contributed by atoms with Crippen molar-refractivity contribution in [2.75, 3.05) is 13.2 Å². The maximum absolute atomic E-state index is 11.3. The van der Waals surface area contributed by atoms with Gasteiger partial charge in [-0.1, -0.05) is 19.9 Å². The normalized spacial score (nSPS) is 13.7. The number of aliphatic hydroxyl groups excluding tert-OH is 1. The van der Waals surface area contributed by atoms with Gasteiger partial charge >= 0.3 is 5.69 Å². The third-order valence-electron chi connectivity index (χ3n) is 4.66. The molecule has 1 heterocycles. The van der Waals surface area contributed by atoms with Crippen LogP contribution in [0.2, 0.25) is 0 Å². The first-order chi connectivity index (χ1) is 10.0. The smallest absolute Gasteiger partial charge is 0.323 e. The van der Waals surface area contributed by atoms with Gasteiger partial charge in [0.15, 0.2) is 0 Å². The Kier molecular flexibility index (Phi) is 4.85. The van der Waals surface area contributed by atoms with Crippen molar-refractivity contribution >= 4 is 11.0 Å². The van der Waals surface area contributed by atoms with Gasteiger partial charge in [-0.3, -0.25) is 0 Å². The molecule has 2 rings (SSSR count). The van der Waals surface area contributed by atoms with E-state index in [1.54, 1.807) is 0 Å². The number of nitrogens with one attached hydrogen (secondary N) is 3. The topological polar surface area (TPSA) is 80.9 Å². The van der Waals surface area contributed by atoms with E-state index in [2.05, 4.69) is 36.1 Å². The SMILES string of the molecule is CCC(CC)(CO)CNC(C)c1ccc2[nH]c(=O)[nH]c2c1. The monoisotopic (exact) mass is 291 g/mol. The second-order valence-electron chi connectivity index (χ2n) is 5.85. The number of rotatable bonds is 7. The minimum absolute atomic E-state index is 0.0548. The van der Waals surface area contributed by atoms with Crippen LogP contribution >= 0.6 is 0 Å². The molecule has 0 saturated carbocycles. The zero-order valence-electron chi connectivity index (χ0n) is 13.0. The zero-order valence-corrected chi connectivity index (χ0v) is 13.0. The van der Waals surface area contributed by atoms with Crippen LogP contribution in [0.1, 0.15) is 45.2 Å². The molecule has 1 aromatic carbocycles. The van der Waals surface area contributed by atoms with Crippen LogP contribution in [0.25, 0.3) is 11.0 Å². The number of aromatic amines is 2. The average molecular weight is 291 g/mol. The van der Waals surface area contributed by atoms with Crippen LogP contribution in [-0.4, -0.2) is 28.2 Å². The summed E-state index contributed by atoms with van der Waals surface area (Å²) < 4.78 is 0. The van der Waals surface area contributed by atoms with Crippen molar-refractivity contribution in [3.63, 3.8) is 0 Å². The van der Waals surface area contributed by atoms with Gasteiger partial charge in [-0.25, -0.2) is 4.79 Å². The van der Waals surface area contributed by atoms with Crippen molar-refractivity contribution < 1.29 is 5.11 Å². The zero-order chi connectivity index (χ0) is 15.5. The summed E-state index contributed by atoms with van der Waals surface area (Å²) >= 11 is 0. The van der Waals surface area contributed by atoms with Crippen molar-refractivity contribution in [2.24, 2.45) is 5.41 Å². The maximum atomic E-state index is 11.3. The van der Waals surface area contributed by atoms with Gasteiger partial charge < -0.3 is 20.4 Å². The molecule has 5 heteroatoms. The number of fused-ring (bicyclic) bond motifs is 1. The first-order valence-corrected chi connectivity index (χ1v) is 7.60. The molecule has 4 N–H and O–H groups in total. The van der Waals surface area contributed by atoms with Crippen molar-refractivity contribution in [1.82, 2.24) is 15.3 Å². The lowest BCUT2D eigenvalue weighted by atomic mass is 9.83. The number of hydrogen-bond acceptors (Lipinski definition) is 3. The van der Waals surface area contributed by atoms with Crippen LogP contribution in [0.3, 0.4) is 0 Å². The molecule has 21 heavy (non-hydrogen) atoms. The van der Waals surface area contributed by atoms with Gasteiger partial charge in [0.1, 0.15) is 0 Å². The minimum atomic E-state index is -0.181. The van der Waals surface area contributed by atoms with Gasteiger partial charge in [-0.05, 0) is 37.5 Å². The molecule has 2 aromatic rings. The fraction of sp³-hybridized carbons (Fsp3) is 0.562. The predicted molar refractivity (Wildman–Crippen MR) is 85.4 cm³/mol. The Labute approximate surface area is 124 Å². The number of benzene rings is 1. The summed E-state index contributed by atoms with van der Waals surface area (Å²) in [6.45, 7) is 7.30. The molecular weight excluding hydrogens is 266 g/mol. The van der Waals surface area contributed by atoms with E-state index in [1.165, 1.54) is 0 Å². The molecule has 0 fully saturated rings. The molecule has 0 amide bonds. The largest absolute Gasteiger partial charge is 0.396 e. The highest BCUT2D eigenvalue weighted by Crippen LogP contribution is 2.26. The Hall–Kier alpha value is -1.59. The lowest BCUT2D eigenvalue weighted by Crippen LogP contribution is -2.37. The summed E-state index contributed by atoms with van der Waals surface area (Å²) in [6.07, 6.45) is 1.90. The average Bonchev–Trinajstić information content (AvgIpc) is 2.88. The molecule has 0 aliphatic heterocycles. The van der Waals surface area contributed by atoms with E-state index in [-0.39, 0.29) is 23.8 Å². The number of imidazole rings is 1. The van der Waals surface area contributed by atoms with Gasteiger partial charge in [-0.2, -0.15) is 0 Å².